The van der Waals surface area contributed by atoms with Gasteiger partial charge in [-0.3, -0.25) is 9.58 Å². The number of nitrogens with zero attached hydrogens (tertiary/aromatic N) is 3. The molecule has 102 valence electrons. The Kier molecular flexibility index (Phi) is 4.40. The molecule has 2 N–H and O–H groups in total. The van der Waals surface area contributed by atoms with Crippen LogP contribution in [0.15, 0.2) is 6.20 Å². The second-order valence-corrected chi connectivity index (χ2v) is 5.51. The van der Waals surface area contributed by atoms with E-state index in [-0.39, 0.29) is 0 Å². The average Bonchev–Trinajstić information content (AvgIpc) is 2.70. The molecule has 0 aliphatic carbocycles. The predicted molar refractivity (Wildman–Crippen MR) is 74.3 cm³/mol. The molecule has 0 aromatic carbocycles. The van der Waals surface area contributed by atoms with E-state index in [1.165, 1.54) is 37.9 Å². The largest absolute Gasteiger partial charge is 0.329 e. The minimum atomic E-state index is 0.341. The van der Waals surface area contributed by atoms with Crippen LogP contribution in [-0.2, 0) is 7.05 Å². The Labute approximate surface area is 110 Å². The molecule has 1 aliphatic rings. The monoisotopic (exact) mass is 250 g/mol. The number of aryl methyl sites for hydroxylation is 2. The fourth-order valence-electron chi connectivity index (χ4n) is 3.13. The molecule has 4 nitrogen and oxygen atoms in total. The summed E-state index contributed by atoms with van der Waals surface area (Å²) in [6, 6.07) is 0.341. The summed E-state index contributed by atoms with van der Waals surface area (Å²) < 4.78 is 1.90. The molecule has 2 heterocycles. The molecule has 1 saturated heterocycles. The molecule has 1 aromatic rings. The van der Waals surface area contributed by atoms with Crippen molar-refractivity contribution in [1.29, 1.82) is 0 Å². The van der Waals surface area contributed by atoms with E-state index in [2.05, 4.69) is 30.0 Å². The van der Waals surface area contributed by atoms with Crippen molar-refractivity contribution in [3.05, 3.63) is 17.5 Å². The summed E-state index contributed by atoms with van der Waals surface area (Å²) in [6.07, 6.45) is 6.08. The van der Waals surface area contributed by atoms with E-state index in [9.17, 15) is 0 Å². The third kappa shape index (κ3) is 2.75. The number of nitrogens with two attached hydrogens (primary N) is 1. The van der Waals surface area contributed by atoms with Crippen LogP contribution in [-0.4, -0.2) is 34.3 Å². The molecule has 0 amide bonds. The highest BCUT2D eigenvalue weighted by molar-refractivity contribution is 5.20. The first kappa shape index (κ1) is 13.6. The van der Waals surface area contributed by atoms with Crippen LogP contribution in [0.25, 0.3) is 0 Å². The predicted octanol–water partition coefficient (Wildman–Crippen LogP) is 1.85. The zero-order valence-electron chi connectivity index (χ0n) is 11.9. The van der Waals surface area contributed by atoms with E-state index in [0.29, 0.717) is 12.6 Å². The van der Waals surface area contributed by atoms with Gasteiger partial charge in [0.15, 0.2) is 0 Å². The summed E-state index contributed by atoms with van der Waals surface area (Å²) in [4.78, 5) is 2.56. The smallest absolute Gasteiger partial charge is 0.0641 e. The lowest BCUT2D eigenvalue weighted by Gasteiger charge is -2.37. The molecule has 0 radical (unpaired) electrons. The summed E-state index contributed by atoms with van der Waals surface area (Å²) in [5.41, 5.74) is 8.44. The number of rotatable bonds is 4. The molecule has 2 unspecified atom stereocenters. The number of likely N-dealkylation sites (tertiary alicyclic amines) is 1. The van der Waals surface area contributed by atoms with Crippen LogP contribution < -0.4 is 5.73 Å². The molecule has 2 atom stereocenters. The van der Waals surface area contributed by atoms with E-state index in [1.54, 1.807) is 0 Å². The molecule has 0 bridgehead atoms. The minimum Gasteiger partial charge on any atom is -0.329 e. The van der Waals surface area contributed by atoms with E-state index in [1.807, 2.05) is 11.7 Å². The van der Waals surface area contributed by atoms with Gasteiger partial charge in [-0.05, 0) is 32.2 Å². The Bertz CT molecular complexity index is 385. The van der Waals surface area contributed by atoms with E-state index < -0.39 is 0 Å². The second kappa shape index (κ2) is 5.85. The third-order valence-corrected chi connectivity index (χ3v) is 4.20. The molecule has 18 heavy (non-hydrogen) atoms. The van der Waals surface area contributed by atoms with Crippen molar-refractivity contribution < 1.29 is 0 Å². The van der Waals surface area contributed by atoms with Gasteiger partial charge in [0.25, 0.3) is 0 Å². The summed E-state index contributed by atoms with van der Waals surface area (Å²) in [5, 5.41) is 4.45. The Balaban J connectivity index is 2.15. The van der Waals surface area contributed by atoms with E-state index >= 15 is 0 Å². The van der Waals surface area contributed by atoms with Gasteiger partial charge < -0.3 is 5.73 Å². The number of hydrogen-bond acceptors (Lipinski definition) is 3. The molecule has 1 aliphatic heterocycles. The van der Waals surface area contributed by atoms with Gasteiger partial charge in [-0.15, -0.1) is 0 Å². The minimum absolute atomic E-state index is 0.341. The van der Waals surface area contributed by atoms with Crippen molar-refractivity contribution in [3.63, 3.8) is 0 Å². The Morgan fingerprint density at radius 3 is 2.89 bits per heavy atom. The average molecular weight is 250 g/mol. The van der Waals surface area contributed by atoms with Gasteiger partial charge >= 0.3 is 0 Å². The van der Waals surface area contributed by atoms with Crippen LogP contribution in [0.5, 0.6) is 0 Å². The molecular formula is C14H26N4. The van der Waals surface area contributed by atoms with Crippen LogP contribution in [0.1, 0.15) is 43.5 Å². The van der Waals surface area contributed by atoms with Crippen LogP contribution >= 0.6 is 0 Å². The maximum atomic E-state index is 6.02. The lowest BCUT2D eigenvalue weighted by Crippen LogP contribution is -2.41. The van der Waals surface area contributed by atoms with Crippen molar-refractivity contribution >= 4 is 0 Å². The van der Waals surface area contributed by atoms with Crippen molar-refractivity contribution in [3.8, 4) is 0 Å². The zero-order chi connectivity index (χ0) is 13.1. The maximum Gasteiger partial charge on any atom is 0.0641 e. The number of piperidine rings is 1. The molecular weight excluding hydrogens is 224 g/mol. The molecule has 1 aromatic heterocycles. The Morgan fingerprint density at radius 1 is 1.56 bits per heavy atom. The maximum absolute atomic E-state index is 6.02. The van der Waals surface area contributed by atoms with Crippen LogP contribution in [0.4, 0.5) is 0 Å². The van der Waals surface area contributed by atoms with Gasteiger partial charge in [0.1, 0.15) is 0 Å². The first-order valence-electron chi connectivity index (χ1n) is 7.10. The van der Waals surface area contributed by atoms with Gasteiger partial charge in [0.2, 0.25) is 0 Å². The third-order valence-electron chi connectivity index (χ3n) is 4.20. The van der Waals surface area contributed by atoms with E-state index in [0.717, 1.165) is 11.6 Å². The highest BCUT2D eigenvalue weighted by Crippen LogP contribution is 2.28. The first-order chi connectivity index (χ1) is 8.65. The lowest BCUT2D eigenvalue weighted by atomic mass is 9.93. The molecule has 4 heteroatoms. The van der Waals surface area contributed by atoms with Crippen LogP contribution in [0.3, 0.4) is 0 Å². The summed E-state index contributed by atoms with van der Waals surface area (Å²) in [6.45, 7) is 7.42. The molecule has 0 saturated carbocycles. The van der Waals surface area contributed by atoms with Gasteiger partial charge in [0.05, 0.1) is 11.7 Å². The zero-order valence-corrected chi connectivity index (χ0v) is 11.9. The molecule has 1 fully saturated rings. The number of hydrogen-bond donors (Lipinski definition) is 1. The van der Waals surface area contributed by atoms with Crippen molar-refractivity contribution in [2.75, 3.05) is 19.6 Å². The van der Waals surface area contributed by atoms with Gasteiger partial charge in [-0.25, -0.2) is 0 Å². The lowest BCUT2D eigenvalue weighted by molar-refractivity contribution is 0.124. The van der Waals surface area contributed by atoms with Crippen LogP contribution in [0.2, 0.25) is 0 Å². The highest BCUT2D eigenvalue weighted by atomic mass is 15.3. The topological polar surface area (TPSA) is 47.1 Å². The van der Waals surface area contributed by atoms with Crippen molar-refractivity contribution in [1.82, 2.24) is 14.7 Å². The van der Waals surface area contributed by atoms with Gasteiger partial charge in [-0.1, -0.05) is 13.3 Å². The summed E-state index contributed by atoms with van der Waals surface area (Å²) in [7, 11) is 1.98. The SMILES string of the molecule is CCC1CCCN(C(CN)c2cn(C)nc2C)C1. The van der Waals surface area contributed by atoms with Gasteiger partial charge in [-0.2, -0.15) is 5.10 Å². The van der Waals surface area contributed by atoms with Gasteiger partial charge in [0, 0.05) is 31.9 Å². The Hall–Kier alpha value is -0.870. The quantitative estimate of drug-likeness (QED) is 0.887. The Morgan fingerprint density at radius 2 is 2.33 bits per heavy atom. The highest BCUT2D eigenvalue weighted by Gasteiger charge is 2.27. The summed E-state index contributed by atoms with van der Waals surface area (Å²) in [5.74, 6) is 0.838. The first-order valence-corrected chi connectivity index (χ1v) is 7.10. The van der Waals surface area contributed by atoms with E-state index in [4.69, 9.17) is 5.73 Å². The summed E-state index contributed by atoms with van der Waals surface area (Å²) >= 11 is 0. The standard InChI is InChI=1S/C14H26N4/c1-4-12-6-5-7-18(9-12)14(8-15)13-10-17(3)16-11(13)2/h10,12,14H,4-9,15H2,1-3H3. The molecule has 0 spiro atoms. The normalized spacial score (nSPS) is 23.2. The van der Waals surface area contributed by atoms with Crippen molar-refractivity contribution in [2.24, 2.45) is 18.7 Å². The molecule has 2 rings (SSSR count). The second-order valence-electron chi connectivity index (χ2n) is 5.51. The fraction of sp³-hybridized carbons (Fsp3) is 0.786. The van der Waals surface area contributed by atoms with Crippen molar-refractivity contribution in [2.45, 2.75) is 39.2 Å². The number of aromatic nitrogens is 2. The van der Waals surface area contributed by atoms with Crippen LogP contribution in [0, 0.1) is 12.8 Å². The fourth-order valence-corrected chi connectivity index (χ4v) is 3.13.